The maximum absolute atomic E-state index is 12.8. The Morgan fingerprint density at radius 2 is 2.05 bits per heavy atom. The zero-order valence-electron chi connectivity index (χ0n) is 11.0. The molecule has 0 spiro atoms. The van der Waals surface area contributed by atoms with E-state index in [-0.39, 0.29) is 19.7 Å². The van der Waals surface area contributed by atoms with Crippen LogP contribution in [0.3, 0.4) is 0 Å². The van der Waals surface area contributed by atoms with Crippen LogP contribution in [0.2, 0.25) is 0 Å². The number of hydrogen-bond acceptors (Lipinski definition) is 4. The zero-order chi connectivity index (χ0) is 14.5. The number of aliphatic hydroxyl groups is 1. The van der Waals surface area contributed by atoms with Crippen LogP contribution in [-0.2, 0) is 6.54 Å². The summed E-state index contributed by atoms with van der Waals surface area (Å²) in [5, 5.41) is 9.88. The van der Waals surface area contributed by atoms with E-state index in [9.17, 15) is 8.78 Å². The maximum atomic E-state index is 12.8. The Morgan fingerprint density at radius 1 is 1.30 bits per heavy atom. The van der Waals surface area contributed by atoms with E-state index >= 15 is 0 Å². The molecule has 0 saturated heterocycles. The van der Waals surface area contributed by atoms with Crippen LogP contribution in [0.5, 0.6) is 0 Å². The Hall–Kier alpha value is -1.79. The van der Waals surface area contributed by atoms with Crippen LogP contribution >= 0.6 is 0 Å². The Morgan fingerprint density at radius 3 is 2.70 bits per heavy atom. The Balaban J connectivity index is 2.57. The quantitative estimate of drug-likeness (QED) is 0.847. The standard InChI is InChI=1S/C14H17F2N3O/c15-13(16)9-19(5-6-20)14-10(7-17)8-18-12-4-2-1-3-11(12)14/h1-4,8,13,20H,5-7,9,17H2. The van der Waals surface area contributed by atoms with E-state index in [1.165, 1.54) is 4.90 Å². The van der Waals surface area contributed by atoms with E-state index in [1.807, 2.05) is 24.3 Å². The van der Waals surface area contributed by atoms with Crippen molar-refractivity contribution >= 4 is 16.6 Å². The van der Waals surface area contributed by atoms with Gasteiger partial charge in [-0.3, -0.25) is 4.98 Å². The Labute approximate surface area is 115 Å². The van der Waals surface area contributed by atoms with Gasteiger partial charge in [0.15, 0.2) is 0 Å². The first kappa shape index (κ1) is 14.6. The SMILES string of the molecule is NCc1cnc2ccccc2c1N(CCO)CC(F)F. The molecule has 108 valence electrons. The number of halogens is 2. The van der Waals surface area contributed by atoms with Gasteiger partial charge in [-0.1, -0.05) is 18.2 Å². The van der Waals surface area contributed by atoms with Crippen LogP contribution < -0.4 is 10.6 Å². The predicted octanol–water partition coefficient (Wildman–Crippen LogP) is 1.76. The van der Waals surface area contributed by atoms with Crippen molar-refractivity contribution in [3.63, 3.8) is 0 Å². The molecule has 0 saturated carbocycles. The minimum absolute atomic E-state index is 0.130. The van der Waals surface area contributed by atoms with E-state index in [2.05, 4.69) is 4.98 Å². The summed E-state index contributed by atoms with van der Waals surface area (Å²) in [6.45, 7) is -0.307. The highest BCUT2D eigenvalue weighted by Crippen LogP contribution is 2.29. The van der Waals surface area contributed by atoms with Gasteiger partial charge in [-0.05, 0) is 6.07 Å². The number of para-hydroxylation sites is 1. The van der Waals surface area contributed by atoms with Crippen LogP contribution in [0.4, 0.5) is 14.5 Å². The molecule has 0 aliphatic carbocycles. The van der Waals surface area contributed by atoms with Gasteiger partial charge >= 0.3 is 0 Å². The second-order valence-corrected chi connectivity index (χ2v) is 4.41. The molecule has 0 aliphatic heterocycles. The Bertz CT molecular complexity index is 577. The molecule has 1 aromatic heterocycles. The number of fused-ring (bicyclic) bond motifs is 1. The smallest absolute Gasteiger partial charge is 0.255 e. The fraction of sp³-hybridized carbons (Fsp3) is 0.357. The molecule has 1 heterocycles. The van der Waals surface area contributed by atoms with Crippen LogP contribution in [0.1, 0.15) is 5.56 Å². The number of benzene rings is 1. The number of aromatic nitrogens is 1. The highest BCUT2D eigenvalue weighted by molar-refractivity contribution is 5.93. The largest absolute Gasteiger partial charge is 0.395 e. The third-order valence-corrected chi connectivity index (χ3v) is 3.09. The van der Waals surface area contributed by atoms with Gasteiger partial charge < -0.3 is 15.7 Å². The van der Waals surface area contributed by atoms with Gasteiger partial charge in [0, 0.05) is 30.2 Å². The van der Waals surface area contributed by atoms with Crippen LogP contribution in [0, 0.1) is 0 Å². The van der Waals surface area contributed by atoms with Gasteiger partial charge in [0.2, 0.25) is 0 Å². The summed E-state index contributed by atoms with van der Waals surface area (Å²) in [5.74, 6) is 0. The lowest BCUT2D eigenvalue weighted by molar-refractivity contribution is 0.153. The molecule has 0 fully saturated rings. The number of nitrogens with two attached hydrogens (primary N) is 1. The summed E-state index contributed by atoms with van der Waals surface area (Å²) in [4.78, 5) is 5.75. The van der Waals surface area contributed by atoms with E-state index < -0.39 is 13.0 Å². The highest BCUT2D eigenvalue weighted by atomic mass is 19.3. The molecule has 2 aromatic rings. The van der Waals surface area contributed by atoms with Gasteiger partial charge in [0.1, 0.15) is 0 Å². The molecule has 0 bridgehead atoms. The van der Waals surface area contributed by atoms with E-state index in [4.69, 9.17) is 10.8 Å². The van der Waals surface area contributed by atoms with Crippen LogP contribution in [0.15, 0.2) is 30.5 Å². The van der Waals surface area contributed by atoms with Gasteiger partial charge in [-0.25, -0.2) is 8.78 Å². The van der Waals surface area contributed by atoms with Crippen molar-refractivity contribution in [3.05, 3.63) is 36.0 Å². The molecule has 0 atom stereocenters. The summed E-state index contributed by atoms with van der Waals surface area (Å²) in [5.41, 5.74) is 7.73. The van der Waals surface area contributed by atoms with E-state index in [0.717, 1.165) is 10.9 Å². The highest BCUT2D eigenvalue weighted by Gasteiger charge is 2.18. The molecular formula is C14H17F2N3O. The Kier molecular flexibility index (Phi) is 4.81. The second-order valence-electron chi connectivity index (χ2n) is 4.41. The van der Waals surface area contributed by atoms with E-state index in [1.54, 1.807) is 6.20 Å². The maximum Gasteiger partial charge on any atom is 0.255 e. The summed E-state index contributed by atoms with van der Waals surface area (Å²) < 4.78 is 25.5. The fourth-order valence-corrected chi connectivity index (χ4v) is 2.27. The predicted molar refractivity (Wildman–Crippen MR) is 74.9 cm³/mol. The normalized spacial score (nSPS) is 11.2. The average molecular weight is 281 g/mol. The van der Waals surface area contributed by atoms with Crippen molar-refractivity contribution < 1.29 is 13.9 Å². The number of alkyl halides is 2. The van der Waals surface area contributed by atoms with Crippen molar-refractivity contribution in [2.45, 2.75) is 13.0 Å². The molecule has 0 radical (unpaired) electrons. The van der Waals surface area contributed by atoms with Crippen molar-refractivity contribution in [2.75, 3.05) is 24.6 Å². The molecule has 0 amide bonds. The first-order valence-electron chi connectivity index (χ1n) is 6.38. The molecule has 0 aliphatic rings. The lowest BCUT2D eigenvalue weighted by atomic mass is 10.1. The number of nitrogens with zero attached hydrogens (tertiary/aromatic N) is 2. The molecule has 3 N–H and O–H groups in total. The number of aliphatic hydroxyl groups excluding tert-OH is 1. The first-order valence-corrected chi connectivity index (χ1v) is 6.38. The summed E-state index contributed by atoms with van der Waals surface area (Å²) in [6, 6.07) is 7.31. The first-order chi connectivity index (χ1) is 9.67. The number of rotatable bonds is 6. The number of pyridine rings is 1. The van der Waals surface area contributed by atoms with Crippen molar-refractivity contribution in [2.24, 2.45) is 5.73 Å². The van der Waals surface area contributed by atoms with Crippen molar-refractivity contribution in [1.82, 2.24) is 4.98 Å². The molecule has 2 rings (SSSR count). The molecule has 0 unspecified atom stereocenters. The number of hydrogen-bond donors (Lipinski definition) is 2. The van der Waals surface area contributed by atoms with Crippen LogP contribution in [-0.4, -0.2) is 36.2 Å². The zero-order valence-corrected chi connectivity index (χ0v) is 11.0. The van der Waals surface area contributed by atoms with Crippen molar-refractivity contribution in [3.8, 4) is 0 Å². The molecule has 6 heteroatoms. The molecule has 4 nitrogen and oxygen atoms in total. The summed E-state index contributed by atoms with van der Waals surface area (Å²) >= 11 is 0. The minimum Gasteiger partial charge on any atom is -0.395 e. The molecule has 20 heavy (non-hydrogen) atoms. The van der Waals surface area contributed by atoms with E-state index in [0.29, 0.717) is 11.3 Å². The van der Waals surface area contributed by atoms with Gasteiger partial charge in [-0.2, -0.15) is 0 Å². The third kappa shape index (κ3) is 3.02. The lowest BCUT2D eigenvalue weighted by Crippen LogP contribution is -2.33. The van der Waals surface area contributed by atoms with Crippen molar-refractivity contribution in [1.29, 1.82) is 0 Å². The fourth-order valence-electron chi connectivity index (χ4n) is 2.27. The third-order valence-electron chi connectivity index (χ3n) is 3.09. The molecular weight excluding hydrogens is 264 g/mol. The summed E-state index contributed by atoms with van der Waals surface area (Å²) in [6.07, 6.45) is -0.882. The topological polar surface area (TPSA) is 62.4 Å². The summed E-state index contributed by atoms with van der Waals surface area (Å²) in [7, 11) is 0. The van der Waals surface area contributed by atoms with Gasteiger partial charge in [0.25, 0.3) is 6.43 Å². The van der Waals surface area contributed by atoms with Crippen LogP contribution in [0.25, 0.3) is 10.9 Å². The second kappa shape index (κ2) is 6.58. The lowest BCUT2D eigenvalue weighted by Gasteiger charge is -2.27. The van der Waals surface area contributed by atoms with Gasteiger partial charge in [-0.15, -0.1) is 0 Å². The monoisotopic (exact) mass is 281 g/mol. The molecule has 1 aromatic carbocycles. The average Bonchev–Trinajstić information content (AvgIpc) is 2.45. The number of anilines is 1. The minimum atomic E-state index is -2.49. The van der Waals surface area contributed by atoms with Gasteiger partial charge in [0.05, 0.1) is 24.4 Å².